The van der Waals surface area contributed by atoms with Crippen LogP contribution in [0.25, 0.3) is 10.9 Å². The van der Waals surface area contributed by atoms with E-state index in [0.717, 1.165) is 34.9 Å². The van der Waals surface area contributed by atoms with Gasteiger partial charge >= 0.3 is 0 Å². The van der Waals surface area contributed by atoms with E-state index >= 15 is 0 Å². The molecule has 2 amide bonds. The fourth-order valence-corrected chi connectivity index (χ4v) is 4.33. The number of amides is 2. The average molecular weight is 494 g/mol. The van der Waals surface area contributed by atoms with Crippen LogP contribution in [0.1, 0.15) is 44.7 Å². The topological polar surface area (TPSA) is 74.9 Å². The van der Waals surface area contributed by atoms with Crippen molar-refractivity contribution in [1.29, 1.82) is 0 Å². The van der Waals surface area contributed by atoms with Gasteiger partial charge in [-0.2, -0.15) is 0 Å². The number of ether oxygens (including phenoxy) is 2. The summed E-state index contributed by atoms with van der Waals surface area (Å²) in [5.41, 5.74) is 3.19. The Bertz CT molecular complexity index is 1150. The zero-order valence-electron chi connectivity index (χ0n) is 22.2. The van der Waals surface area contributed by atoms with Gasteiger partial charge in [0.1, 0.15) is 0 Å². The maximum atomic E-state index is 13.6. The highest BCUT2D eigenvalue weighted by molar-refractivity contribution is 5.86. The first-order valence-corrected chi connectivity index (χ1v) is 12.7. The summed E-state index contributed by atoms with van der Waals surface area (Å²) in [6.07, 6.45) is 4.55. The number of carbonyl (C=O) groups excluding carboxylic acids is 2. The fourth-order valence-electron chi connectivity index (χ4n) is 4.33. The van der Waals surface area contributed by atoms with Gasteiger partial charge in [-0.15, -0.1) is 0 Å². The lowest BCUT2D eigenvalue weighted by Crippen LogP contribution is -2.45. The van der Waals surface area contributed by atoms with Crippen molar-refractivity contribution < 1.29 is 19.1 Å². The third-order valence-corrected chi connectivity index (χ3v) is 6.41. The summed E-state index contributed by atoms with van der Waals surface area (Å²) in [5.74, 6) is 1.07. The van der Waals surface area contributed by atoms with Crippen LogP contribution in [0, 0.1) is 5.92 Å². The number of H-pyrrole nitrogens is 1. The monoisotopic (exact) mass is 493 g/mol. The number of hydrogen-bond donors (Lipinski definition) is 1. The molecule has 0 aliphatic heterocycles. The predicted octanol–water partition coefficient (Wildman–Crippen LogP) is 5.04. The number of carbonyl (C=O) groups is 2. The number of hydrogen-bond acceptors (Lipinski definition) is 4. The number of unbranched alkanes of at least 4 members (excludes halogenated alkanes) is 1. The van der Waals surface area contributed by atoms with Gasteiger partial charge < -0.3 is 24.3 Å². The zero-order valence-corrected chi connectivity index (χ0v) is 22.2. The number of aromatic amines is 1. The fraction of sp³-hybridized carbons (Fsp3) is 0.448. The van der Waals surface area contributed by atoms with E-state index in [1.165, 1.54) is 0 Å². The number of aromatic nitrogens is 1. The largest absolute Gasteiger partial charge is 0.493 e. The molecule has 0 radical (unpaired) electrons. The van der Waals surface area contributed by atoms with Crippen molar-refractivity contribution in [2.45, 2.75) is 46.6 Å². The van der Waals surface area contributed by atoms with Crippen LogP contribution in [-0.2, 0) is 22.6 Å². The Kier molecular flexibility index (Phi) is 9.79. The number of para-hydroxylation sites is 1. The van der Waals surface area contributed by atoms with Gasteiger partial charge in [-0.3, -0.25) is 9.59 Å². The van der Waals surface area contributed by atoms with Crippen molar-refractivity contribution >= 4 is 22.7 Å². The molecule has 1 N–H and O–H groups in total. The zero-order chi connectivity index (χ0) is 26.1. The molecule has 0 unspecified atom stereocenters. The third-order valence-electron chi connectivity index (χ3n) is 6.41. The summed E-state index contributed by atoms with van der Waals surface area (Å²) in [4.78, 5) is 33.3. The molecule has 3 rings (SSSR count). The highest BCUT2D eigenvalue weighted by Gasteiger charge is 2.23. The van der Waals surface area contributed by atoms with Crippen LogP contribution in [0.5, 0.6) is 11.5 Å². The van der Waals surface area contributed by atoms with Gasteiger partial charge in [0.25, 0.3) is 0 Å². The van der Waals surface area contributed by atoms with E-state index < -0.39 is 0 Å². The average Bonchev–Trinajstić information content (AvgIpc) is 3.31. The molecule has 0 fully saturated rings. The highest BCUT2D eigenvalue weighted by atomic mass is 16.5. The minimum absolute atomic E-state index is 0.0134. The summed E-state index contributed by atoms with van der Waals surface area (Å²) in [7, 11) is 3.20. The smallest absolute Gasteiger partial charge is 0.242 e. The maximum absolute atomic E-state index is 13.6. The standard InChI is InChI=1S/C29H39N3O4/c1-6-7-15-32(29(34)21(2)3)20-28(33)31(19-22-12-13-26(35-4)27(17-22)36-5)16-14-23-18-30-25-11-9-8-10-24(23)25/h8-13,17-18,21,30H,6-7,14-16,19-20H2,1-5H3. The molecule has 36 heavy (non-hydrogen) atoms. The number of fused-ring (bicyclic) bond motifs is 1. The predicted molar refractivity (Wildman–Crippen MR) is 143 cm³/mol. The van der Waals surface area contributed by atoms with Crippen LogP contribution in [-0.4, -0.2) is 60.5 Å². The van der Waals surface area contributed by atoms with Crippen LogP contribution in [0.4, 0.5) is 0 Å². The number of nitrogens with one attached hydrogen (secondary N) is 1. The minimum atomic E-state index is -0.153. The molecule has 0 aliphatic carbocycles. The van der Waals surface area contributed by atoms with E-state index in [1.54, 1.807) is 19.1 Å². The van der Waals surface area contributed by atoms with E-state index in [0.29, 0.717) is 37.6 Å². The van der Waals surface area contributed by atoms with E-state index in [-0.39, 0.29) is 24.3 Å². The van der Waals surface area contributed by atoms with Crippen molar-refractivity contribution in [1.82, 2.24) is 14.8 Å². The second-order valence-corrected chi connectivity index (χ2v) is 9.38. The Balaban J connectivity index is 1.83. The first-order chi connectivity index (χ1) is 17.4. The quantitative estimate of drug-likeness (QED) is 0.362. The number of nitrogens with zero attached hydrogens (tertiary/aromatic N) is 2. The molecule has 0 bridgehead atoms. The molecule has 0 saturated carbocycles. The van der Waals surface area contributed by atoms with E-state index in [4.69, 9.17) is 9.47 Å². The molecule has 0 spiro atoms. The van der Waals surface area contributed by atoms with Crippen LogP contribution in [0.3, 0.4) is 0 Å². The van der Waals surface area contributed by atoms with Crippen LogP contribution >= 0.6 is 0 Å². The molecule has 0 aliphatic rings. The molecule has 2 aromatic carbocycles. The minimum Gasteiger partial charge on any atom is -0.493 e. The Morgan fingerprint density at radius 1 is 0.972 bits per heavy atom. The van der Waals surface area contributed by atoms with Crippen molar-refractivity contribution in [3.05, 3.63) is 59.8 Å². The van der Waals surface area contributed by atoms with Crippen LogP contribution in [0.2, 0.25) is 0 Å². The van der Waals surface area contributed by atoms with Crippen molar-refractivity contribution in [2.24, 2.45) is 5.92 Å². The van der Waals surface area contributed by atoms with Gasteiger partial charge in [-0.25, -0.2) is 0 Å². The van der Waals surface area contributed by atoms with Crippen LogP contribution in [0.15, 0.2) is 48.7 Å². The van der Waals surface area contributed by atoms with Crippen molar-refractivity contribution in [3.63, 3.8) is 0 Å². The molecular weight excluding hydrogens is 454 g/mol. The second-order valence-electron chi connectivity index (χ2n) is 9.38. The molecule has 0 atom stereocenters. The van der Waals surface area contributed by atoms with Crippen molar-refractivity contribution in [2.75, 3.05) is 33.9 Å². The van der Waals surface area contributed by atoms with Crippen LogP contribution < -0.4 is 9.47 Å². The second kappa shape index (κ2) is 13.0. The van der Waals surface area contributed by atoms with Gasteiger partial charge in [-0.1, -0.05) is 51.5 Å². The van der Waals surface area contributed by atoms with E-state index in [1.807, 2.05) is 55.3 Å². The molecule has 3 aromatic rings. The molecule has 1 heterocycles. The van der Waals surface area contributed by atoms with Gasteiger partial charge in [0.2, 0.25) is 11.8 Å². The molecule has 7 nitrogen and oxygen atoms in total. The lowest BCUT2D eigenvalue weighted by molar-refractivity contribution is -0.142. The maximum Gasteiger partial charge on any atom is 0.242 e. The lowest BCUT2D eigenvalue weighted by atomic mass is 10.1. The SMILES string of the molecule is CCCCN(CC(=O)N(CCc1c[nH]c2ccccc12)Cc1ccc(OC)c(OC)c1)C(=O)C(C)C. The van der Waals surface area contributed by atoms with Crippen molar-refractivity contribution in [3.8, 4) is 11.5 Å². The Morgan fingerprint density at radius 3 is 2.42 bits per heavy atom. The first kappa shape index (κ1) is 27.1. The third kappa shape index (κ3) is 6.80. The molecule has 194 valence electrons. The summed E-state index contributed by atoms with van der Waals surface area (Å²) < 4.78 is 10.8. The van der Waals surface area contributed by atoms with E-state index in [9.17, 15) is 9.59 Å². The van der Waals surface area contributed by atoms with Gasteiger partial charge in [-0.05, 0) is 42.2 Å². The Hall–Kier alpha value is -3.48. The summed E-state index contributed by atoms with van der Waals surface area (Å²) >= 11 is 0. The summed E-state index contributed by atoms with van der Waals surface area (Å²) in [5, 5.41) is 1.16. The summed E-state index contributed by atoms with van der Waals surface area (Å²) in [6.45, 7) is 7.47. The molecule has 0 saturated heterocycles. The Labute approximate surface area is 214 Å². The van der Waals surface area contributed by atoms with Gasteiger partial charge in [0, 0.05) is 42.7 Å². The normalized spacial score (nSPS) is 11.1. The number of benzene rings is 2. The summed E-state index contributed by atoms with van der Waals surface area (Å²) in [6, 6.07) is 13.9. The van der Waals surface area contributed by atoms with E-state index in [2.05, 4.69) is 24.0 Å². The highest BCUT2D eigenvalue weighted by Crippen LogP contribution is 2.28. The number of methoxy groups -OCH3 is 2. The Morgan fingerprint density at radius 2 is 1.72 bits per heavy atom. The number of rotatable bonds is 13. The first-order valence-electron chi connectivity index (χ1n) is 12.7. The molecule has 1 aromatic heterocycles. The molecular formula is C29H39N3O4. The lowest BCUT2D eigenvalue weighted by Gasteiger charge is -2.29. The van der Waals surface area contributed by atoms with Gasteiger partial charge in [0.15, 0.2) is 11.5 Å². The van der Waals surface area contributed by atoms with Gasteiger partial charge in [0.05, 0.1) is 20.8 Å². The molecule has 7 heteroatoms.